The van der Waals surface area contributed by atoms with Crippen molar-refractivity contribution < 1.29 is 0 Å². The van der Waals surface area contributed by atoms with E-state index in [1.165, 1.54) is 5.56 Å². The highest BCUT2D eigenvalue weighted by molar-refractivity contribution is 5.41. The van der Waals surface area contributed by atoms with Crippen molar-refractivity contribution in [1.82, 2.24) is 4.98 Å². The van der Waals surface area contributed by atoms with Gasteiger partial charge in [0.2, 0.25) is 0 Å². The Bertz CT molecular complexity index is 350. The summed E-state index contributed by atoms with van der Waals surface area (Å²) in [6.45, 7) is 8.57. The lowest BCUT2D eigenvalue weighted by molar-refractivity contribution is 0.587. The lowest BCUT2D eigenvalue weighted by atomic mass is 9.88. The summed E-state index contributed by atoms with van der Waals surface area (Å²) in [5.41, 5.74) is 7.34. The molecule has 3 nitrogen and oxygen atoms in total. The Hall–Kier alpha value is -1.09. The van der Waals surface area contributed by atoms with Gasteiger partial charge in [0.05, 0.1) is 0 Å². The van der Waals surface area contributed by atoms with Crippen LogP contribution in [-0.2, 0) is 5.41 Å². The maximum absolute atomic E-state index is 5.89. The smallest absolute Gasteiger partial charge is 0.128 e. The molecule has 88 valence electrons. The van der Waals surface area contributed by atoms with Crippen molar-refractivity contribution in [3.63, 3.8) is 0 Å². The highest BCUT2D eigenvalue weighted by atomic mass is 15.2. The van der Waals surface area contributed by atoms with Gasteiger partial charge in [0.1, 0.15) is 5.82 Å². The number of rotatable bonds is 1. The summed E-state index contributed by atoms with van der Waals surface area (Å²) in [6, 6.07) is 4.59. The van der Waals surface area contributed by atoms with Crippen LogP contribution in [0.1, 0.15) is 32.8 Å². The zero-order valence-corrected chi connectivity index (χ0v) is 10.4. The average Bonchev–Trinajstić information content (AvgIpc) is 2.64. The molecule has 2 heterocycles. The Morgan fingerprint density at radius 2 is 2.12 bits per heavy atom. The molecule has 0 radical (unpaired) electrons. The lowest BCUT2D eigenvalue weighted by Crippen LogP contribution is -2.27. The third-order valence-electron chi connectivity index (χ3n) is 3.16. The van der Waals surface area contributed by atoms with E-state index in [1.54, 1.807) is 0 Å². The zero-order valence-electron chi connectivity index (χ0n) is 10.4. The largest absolute Gasteiger partial charge is 0.355 e. The van der Waals surface area contributed by atoms with Crippen molar-refractivity contribution in [2.24, 2.45) is 5.73 Å². The quantitative estimate of drug-likeness (QED) is 0.784. The van der Waals surface area contributed by atoms with Crippen LogP contribution >= 0.6 is 0 Å². The SMILES string of the molecule is CC(C)(C)c1ccc(N2CCC(N)C2)nc1. The van der Waals surface area contributed by atoms with Crippen LogP contribution in [0, 0.1) is 0 Å². The van der Waals surface area contributed by atoms with E-state index >= 15 is 0 Å². The van der Waals surface area contributed by atoms with Crippen molar-refractivity contribution in [2.45, 2.75) is 38.6 Å². The monoisotopic (exact) mass is 219 g/mol. The standard InChI is InChI=1S/C13H21N3/c1-13(2,3)10-4-5-12(15-8-10)16-7-6-11(14)9-16/h4-5,8,11H,6-7,9,14H2,1-3H3. The summed E-state index contributed by atoms with van der Waals surface area (Å²) < 4.78 is 0. The van der Waals surface area contributed by atoms with Crippen LogP contribution in [0.25, 0.3) is 0 Å². The second kappa shape index (κ2) is 4.06. The molecule has 1 atom stereocenters. The third kappa shape index (κ3) is 2.35. The van der Waals surface area contributed by atoms with E-state index in [0.717, 1.165) is 25.3 Å². The van der Waals surface area contributed by atoms with Crippen molar-refractivity contribution in [2.75, 3.05) is 18.0 Å². The molecule has 0 amide bonds. The van der Waals surface area contributed by atoms with Gasteiger partial charge in [-0.05, 0) is 23.5 Å². The lowest BCUT2D eigenvalue weighted by Gasteiger charge is -2.21. The number of hydrogen-bond donors (Lipinski definition) is 1. The van der Waals surface area contributed by atoms with Gasteiger partial charge in [-0.25, -0.2) is 4.98 Å². The Balaban J connectivity index is 2.14. The van der Waals surface area contributed by atoms with Crippen LogP contribution in [0.3, 0.4) is 0 Å². The number of nitrogens with two attached hydrogens (primary N) is 1. The van der Waals surface area contributed by atoms with Gasteiger partial charge < -0.3 is 10.6 Å². The number of pyridine rings is 1. The van der Waals surface area contributed by atoms with Crippen molar-refractivity contribution in [3.8, 4) is 0 Å². The molecule has 1 fully saturated rings. The molecular formula is C13H21N3. The molecule has 0 bridgehead atoms. The first-order valence-corrected chi connectivity index (χ1v) is 5.94. The summed E-state index contributed by atoms with van der Waals surface area (Å²) in [7, 11) is 0. The van der Waals surface area contributed by atoms with E-state index in [2.05, 4.69) is 42.8 Å². The third-order valence-corrected chi connectivity index (χ3v) is 3.16. The Morgan fingerprint density at radius 3 is 2.56 bits per heavy atom. The zero-order chi connectivity index (χ0) is 11.8. The summed E-state index contributed by atoms with van der Waals surface area (Å²) in [5.74, 6) is 1.06. The summed E-state index contributed by atoms with van der Waals surface area (Å²) in [6.07, 6.45) is 3.06. The molecule has 1 aromatic rings. The normalized spacial score (nSPS) is 21.5. The van der Waals surface area contributed by atoms with Gasteiger partial charge in [-0.3, -0.25) is 0 Å². The summed E-state index contributed by atoms with van der Waals surface area (Å²) >= 11 is 0. The van der Waals surface area contributed by atoms with E-state index < -0.39 is 0 Å². The van der Waals surface area contributed by atoms with Gasteiger partial charge in [0.25, 0.3) is 0 Å². The topological polar surface area (TPSA) is 42.1 Å². The summed E-state index contributed by atoms with van der Waals surface area (Å²) in [4.78, 5) is 6.79. The van der Waals surface area contributed by atoms with Gasteiger partial charge in [-0.2, -0.15) is 0 Å². The molecule has 3 heteroatoms. The van der Waals surface area contributed by atoms with Crippen molar-refractivity contribution in [3.05, 3.63) is 23.9 Å². The second-order valence-electron chi connectivity index (χ2n) is 5.65. The Morgan fingerprint density at radius 1 is 1.38 bits per heavy atom. The van der Waals surface area contributed by atoms with E-state index in [-0.39, 0.29) is 5.41 Å². The first-order valence-electron chi connectivity index (χ1n) is 5.94. The van der Waals surface area contributed by atoms with Gasteiger partial charge in [-0.1, -0.05) is 26.8 Å². The minimum absolute atomic E-state index is 0.174. The van der Waals surface area contributed by atoms with Crippen LogP contribution in [-0.4, -0.2) is 24.1 Å². The summed E-state index contributed by atoms with van der Waals surface area (Å²) in [5, 5.41) is 0. The average molecular weight is 219 g/mol. The molecule has 1 saturated heterocycles. The molecule has 0 aliphatic carbocycles. The number of hydrogen-bond acceptors (Lipinski definition) is 3. The fourth-order valence-electron chi connectivity index (χ4n) is 2.01. The van der Waals surface area contributed by atoms with Crippen LogP contribution in [0.2, 0.25) is 0 Å². The number of anilines is 1. The molecule has 0 spiro atoms. The molecular weight excluding hydrogens is 198 g/mol. The highest BCUT2D eigenvalue weighted by Gasteiger charge is 2.21. The van der Waals surface area contributed by atoms with E-state index in [0.29, 0.717) is 6.04 Å². The fourth-order valence-corrected chi connectivity index (χ4v) is 2.01. The molecule has 2 rings (SSSR count). The molecule has 1 aromatic heterocycles. The minimum Gasteiger partial charge on any atom is -0.355 e. The van der Waals surface area contributed by atoms with Crippen LogP contribution in [0.5, 0.6) is 0 Å². The first-order chi connectivity index (χ1) is 7.47. The maximum atomic E-state index is 5.89. The molecule has 1 aliphatic heterocycles. The Labute approximate surface area is 97.7 Å². The first kappa shape index (κ1) is 11.4. The molecule has 1 unspecified atom stereocenters. The predicted octanol–water partition coefficient (Wildman–Crippen LogP) is 1.92. The molecule has 1 aliphatic rings. The second-order valence-corrected chi connectivity index (χ2v) is 5.65. The van der Waals surface area contributed by atoms with Gasteiger partial charge in [0.15, 0.2) is 0 Å². The molecule has 0 saturated carbocycles. The van der Waals surface area contributed by atoms with Crippen LogP contribution in [0.4, 0.5) is 5.82 Å². The van der Waals surface area contributed by atoms with Crippen LogP contribution < -0.4 is 10.6 Å². The van der Waals surface area contributed by atoms with Crippen LogP contribution in [0.15, 0.2) is 18.3 Å². The van der Waals surface area contributed by atoms with E-state index in [9.17, 15) is 0 Å². The van der Waals surface area contributed by atoms with E-state index in [4.69, 9.17) is 5.73 Å². The number of aromatic nitrogens is 1. The number of nitrogens with zero attached hydrogens (tertiary/aromatic N) is 2. The maximum Gasteiger partial charge on any atom is 0.128 e. The van der Waals surface area contributed by atoms with Gasteiger partial charge in [-0.15, -0.1) is 0 Å². The predicted molar refractivity (Wildman–Crippen MR) is 67.7 cm³/mol. The molecule has 16 heavy (non-hydrogen) atoms. The van der Waals surface area contributed by atoms with Gasteiger partial charge in [0, 0.05) is 25.3 Å². The van der Waals surface area contributed by atoms with Gasteiger partial charge >= 0.3 is 0 Å². The minimum atomic E-state index is 0.174. The molecule has 2 N–H and O–H groups in total. The highest BCUT2D eigenvalue weighted by Crippen LogP contribution is 2.24. The molecule has 0 aromatic carbocycles. The van der Waals surface area contributed by atoms with Crippen molar-refractivity contribution >= 4 is 5.82 Å². The fraction of sp³-hybridized carbons (Fsp3) is 0.615. The van der Waals surface area contributed by atoms with E-state index in [1.807, 2.05) is 6.20 Å². The van der Waals surface area contributed by atoms with Crippen molar-refractivity contribution in [1.29, 1.82) is 0 Å². The Kier molecular flexibility index (Phi) is 2.89.